The maximum atomic E-state index is 13.5. The minimum Gasteiger partial charge on any atom is -0.466 e. The highest BCUT2D eigenvalue weighted by Crippen LogP contribution is 2.36. The van der Waals surface area contributed by atoms with Crippen molar-refractivity contribution in [1.82, 2.24) is 9.37 Å². The number of hydrogen-bond acceptors (Lipinski definition) is 7. The summed E-state index contributed by atoms with van der Waals surface area (Å²) in [7, 11) is 2.03. The molecule has 0 saturated carbocycles. The van der Waals surface area contributed by atoms with Crippen LogP contribution in [0.25, 0.3) is 0 Å². The molecule has 3 rings (SSSR count). The molecule has 0 N–H and O–H groups in total. The quantitative estimate of drug-likeness (QED) is 0.641. The van der Waals surface area contributed by atoms with Crippen molar-refractivity contribution in [3.05, 3.63) is 29.8 Å². The van der Waals surface area contributed by atoms with Gasteiger partial charge >= 0.3 is 5.97 Å². The van der Waals surface area contributed by atoms with Crippen molar-refractivity contribution in [2.75, 3.05) is 52.3 Å². The molecule has 2 saturated heterocycles. The van der Waals surface area contributed by atoms with Gasteiger partial charge in [0.15, 0.2) is 0 Å². The lowest BCUT2D eigenvalue weighted by molar-refractivity contribution is -0.149. The second-order valence-electron chi connectivity index (χ2n) is 7.81. The lowest BCUT2D eigenvalue weighted by atomic mass is 10.0. The van der Waals surface area contributed by atoms with Gasteiger partial charge < -0.3 is 9.64 Å². The molecule has 0 aromatic heterocycles. The van der Waals surface area contributed by atoms with E-state index in [1.807, 2.05) is 43.3 Å². The number of anilines is 1. The van der Waals surface area contributed by atoms with Gasteiger partial charge in [0.2, 0.25) is 10.0 Å². The predicted octanol–water partition coefficient (Wildman–Crippen LogP) is 1.64. The Morgan fingerprint density at radius 2 is 1.97 bits per heavy atom. The van der Waals surface area contributed by atoms with Gasteiger partial charge in [-0.05, 0) is 37.5 Å². The van der Waals surface area contributed by atoms with Crippen molar-refractivity contribution >= 4 is 21.7 Å². The minimum atomic E-state index is -3.65. The Balaban J connectivity index is 1.82. The zero-order valence-corrected chi connectivity index (χ0v) is 18.4. The summed E-state index contributed by atoms with van der Waals surface area (Å²) in [5, 5.41) is 0.901. The molecule has 2 fully saturated rings. The van der Waals surface area contributed by atoms with Crippen molar-refractivity contribution in [2.24, 2.45) is 5.92 Å². The number of sulfonamides is 1. The van der Waals surface area contributed by atoms with E-state index in [0.717, 1.165) is 11.3 Å². The standard InChI is InChI=1S/C20H31N3O5S/c1-5-27-20(24)16-7-6-12-23(13-16)29(25,26)18-14-28-22(4)19(18)15-8-10-17(11-9-15)21(2)3/h8-11,16,18-19H,5-7,12-14H2,1-4H3/t16-,18+,19+/m1/s1. The molecular formula is C20H31N3O5S. The number of esters is 1. The number of carbonyl (C=O) groups excluding carboxylic acids is 1. The molecule has 0 unspecified atom stereocenters. The van der Waals surface area contributed by atoms with Crippen LogP contribution in [0.3, 0.4) is 0 Å². The van der Waals surface area contributed by atoms with Crippen LogP contribution >= 0.6 is 0 Å². The van der Waals surface area contributed by atoms with Gasteiger partial charge in [-0.15, -0.1) is 0 Å². The molecule has 162 valence electrons. The fourth-order valence-corrected chi connectivity index (χ4v) is 6.10. The molecule has 2 heterocycles. The summed E-state index contributed by atoms with van der Waals surface area (Å²) in [6, 6.07) is 7.45. The number of hydroxylamine groups is 2. The van der Waals surface area contributed by atoms with Gasteiger partial charge in [0.1, 0.15) is 5.25 Å². The van der Waals surface area contributed by atoms with E-state index in [9.17, 15) is 13.2 Å². The third kappa shape index (κ3) is 4.58. The molecule has 8 nitrogen and oxygen atoms in total. The molecule has 3 atom stereocenters. The summed E-state index contributed by atoms with van der Waals surface area (Å²) < 4.78 is 33.5. The fraction of sp³-hybridized carbons (Fsp3) is 0.650. The topological polar surface area (TPSA) is 79.4 Å². The van der Waals surface area contributed by atoms with Gasteiger partial charge in [0.25, 0.3) is 0 Å². The van der Waals surface area contributed by atoms with Crippen LogP contribution in [0.4, 0.5) is 5.69 Å². The second kappa shape index (κ2) is 8.99. The number of rotatable bonds is 6. The first-order chi connectivity index (χ1) is 13.8. The van der Waals surface area contributed by atoms with Crippen LogP contribution in [-0.2, 0) is 24.4 Å². The van der Waals surface area contributed by atoms with Crippen LogP contribution in [0.5, 0.6) is 0 Å². The van der Waals surface area contributed by atoms with E-state index < -0.39 is 27.2 Å². The van der Waals surface area contributed by atoms with Crippen molar-refractivity contribution in [3.8, 4) is 0 Å². The Hall–Kier alpha value is -1.68. The molecule has 0 spiro atoms. The second-order valence-corrected chi connectivity index (χ2v) is 9.96. The van der Waals surface area contributed by atoms with Gasteiger partial charge in [0.05, 0.1) is 25.2 Å². The highest BCUT2D eigenvalue weighted by atomic mass is 32.2. The maximum absolute atomic E-state index is 13.5. The molecular weight excluding hydrogens is 394 g/mol. The van der Waals surface area contributed by atoms with Crippen LogP contribution in [0, 0.1) is 5.92 Å². The fourth-order valence-electron chi connectivity index (χ4n) is 4.06. The normalized spacial score (nSPS) is 26.4. The first-order valence-electron chi connectivity index (χ1n) is 10.0. The van der Waals surface area contributed by atoms with E-state index >= 15 is 0 Å². The Kier molecular flexibility index (Phi) is 6.83. The van der Waals surface area contributed by atoms with Crippen LogP contribution in [0.15, 0.2) is 24.3 Å². The van der Waals surface area contributed by atoms with E-state index in [4.69, 9.17) is 9.57 Å². The van der Waals surface area contributed by atoms with Gasteiger partial charge in [0, 0.05) is 39.9 Å². The zero-order valence-electron chi connectivity index (χ0n) is 17.6. The highest BCUT2D eigenvalue weighted by molar-refractivity contribution is 7.89. The first-order valence-corrected chi connectivity index (χ1v) is 11.5. The van der Waals surface area contributed by atoms with Crippen molar-refractivity contribution in [2.45, 2.75) is 31.1 Å². The molecule has 0 bridgehead atoms. The van der Waals surface area contributed by atoms with Gasteiger partial charge in [-0.2, -0.15) is 5.06 Å². The molecule has 0 aliphatic carbocycles. The lowest BCUT2D eigenvalue weighted by Gasteiger charge is -2.34. The number of ether oxygens (including phenoxy) is 1. The molecule has 2 aliphatic heterocycles. The first kappa shape index (κ1) is 22.0. The summed E-state index contributed by atoms with van der Waals surface area (Å²) in [6.07, 6.45) is 1.30. The Bertz CT molecular complexity index is 812. The van der Waals surface area contributed by atoms with E-state index in [1.54, 1.807) is 19.0 Å². The van der Waals surface area contributed by atoms with Crippen molar-refractivity contribution in [3.63, 3.8) is 0 Å². The van der Waals surface area contributed by atoms with Gasteiger partial charge in [-0.3, -0.25) is 9.63 Å². The molecule has 1 aromatic rings. The van der Waals surface area contributed by atoms with Gasteiger partial charge in [-0.25, -0.2) is 12.7 Å². The van der Waals surface area contributed by atoms with Crippen molar-refractivity contribution < 1.29 is 22.8 Å². The van der Waals surface area contributed by atoms with E-state index in [2.05, 4.69) is 0 Å². The number of hydrogen-bond donors (Lipinski definition) is 0. The maximum Gasteiger partial charge on any atom is 0.310 e. The van der Waals surface area contributed by atoms with Crippen molar-refractivity contribution in [1.29, 1.82) is 0 Å². The lowest BCUT2D eigenvalue weighted by Crippen LogP contribution is -2.48. The summed E-state index contributed by atoms with van der Waals surface area (Å²) in [4.78, 5) is 19.8. The third-order valence-corrected chi connectivity index (χ3v) is 7.89. The van der Waals surface area contributed by atoms with Crippen LogP contribution in [0.1, 0.15) is 31.4 Å². The zero-order chi connectivity index (χ0) is 21.2. The number of piperidine rings is 1. The van der Waals surface area contributed by atoms with Gasteiger partial charge in [-0.1, -0.05) is 12.1 Å². The average molecular weight is 426 g/mol. The monoisotopic (exact) mass is 425 g/mol. The summed E-state index contributed by atoms with van der Waals surface area (Å²) in [5.74, 6) is -0.723. The predicted molar refractivity (Wildman–Crippen MR) is 111 cm³/mol. The van der Waals surface area contributed by atoms with E-state index in [-0.39, 0.29) is 19.1 Å². The SMILES string of the molecule is CCOC(=O)[C@@H]1CCCN(S(=O)(=O)[C@H]2CON(C)[C@H]2c2ccc(N(C)C)cc2)C1. The largest absolute Gasteiger partial charge is 0.466 e. The number of nitrogens with zero attached hydrogens (tertiary/aromatic N) is 3. The molecule has 0 radical (unpaired) electrons. The van der Waals surface area contributed by atoms with Crippen LogP contribution < -0.4 is 4.90 Å². The van der Waals surface area contributed by atoms with E-state index in [1.165, 1.54) is 4.31 Å². The summed E-state index contributed by atoms with van der Waals surface area (Å²) in [5.41, 5.74) is 1.94. The smallest absolute Gasteiger partial charge is 0.310 e. The summed E-state index contributed by atoms with van der Waals surface area (Å²) in [6.45, 7) is 2.75. The molecule has 2 aliphatic rings. The van der Waals surface area contributed by atoms with Crippen LogP contribution in [-0.4, -0.2) is 76.5 Å². The molecule has 0 amide bonds. The third-order valence-electron chi connectivity index (χ3n) is 5.68. The molecule has 9 heteroatoms. The Morgan fingerprint density at radius 1 is 1.28 bits per heavy atom. The van der Waals surface area contributed by atoms with E-state index in [0.29, 0.717) is 26.0 Å². The molecule has 1 aromatic carbocycles. The number of carbonyl (C=O) groups is 1. The summed E-state index contributed by atoms with van der Waals surface area (Å²) >= 11 is 0. The highest BCUT2D eigenvalue weighted by Gasteiger charge is 2.47. The van der Waals surface area contributed by atoms with Crippen LogP contribution in [0.2, 0.25) is 0 Å². The number of benzene rings is 1. The minimum absolute atomic E-state index is 0.0967. The Labute approximate surface area is 173 Å². The molecule has 29 heavy (non-hydrogen) atoms. The average Bonchev–Trinajstić information content (AvgIpc) is 3.10. The Morgan fingerprint density at radius 3 is 2.59 bits per heavy atom.